The van der Waals surface area contributed by atoms with Gasteiger partial charge in [0.05, 0.1) is 6.54 Å². The molecule has 6 heteroatoms. The van der Waals surface area contributed by atoms with Crippen LogP contribution in [-0.2, 0) is 13.1 Å². The van der Waals surface area contributed by atoms with Crippen molar-refractivity contribution in [2.45, 2.75) is 13.1 Å². The number of halogens is 1. The van der Waals surface area contributed by atoms with Gasteiger partial charge in [-0.25, -0.2) is 4.39 Å². The van der Waals surface area contributed by atoms with Crippen molar-refractivity contribution in [3.63, 3.8) is 0 Å². The average Bonchev–Trinajstić information content (AvgIpc) is 3.04. The molecule has 0 spiro atoms. The molecular formula is C20H24FN5. The van der Waals surface area contributed by atoms with Gasteiger partial charge >= 0.3 is 0 Å². The first-order valence-corrected chi connectivity index (χ1v) is 8.72. The number of likely N-dealkylation sites (N-methyl/N-ethyl adjacent to an activating group) is 1. The zero-order valence-corrected chi connectivity index (χ0v) is 15.2. The van der Waals surface area contributed by atoms with E-state index in [0.29, 0.717) is 18.7 Å². The maximum absolute atomic E-state index is 13.9. The van der Waals surface area contributed by atoms with E-state index in [1.807, 2.05) is 50.5 Å². The number of benzene rings is 2. The number of hydrogen-bond donors (Lipinski definition) is 1. The second-order valence-electron chi connectivity index (χ2n) is 6.46. The van der Waals surface area contributed by atoms with Crippen molar-refractivity contribution in [2.75, 3.05) is 27.2 Å². The van der Waals surface area contributed by atoms with Gasteiger partial charge in [-0.15, -0.1) is 0 Å². The summed E-state index contributed by atoms with van der Waals surface area (Å²) >= 11 is 0. The second kappa shape index (κ2) is 8.69. The molecule has 0 aliphatic rings. The van der Waals surface area contributed by atoms with E-state index in [9.17, 15) is 4.39 Å². The number of rotatable bonds is 8. The molecule has 0 bridgehead atoms. The smallest absolute Gasteiger partial charge is 0.128 e. The van der Waals surface area contributed by atoms with E-state index in [4.69, 9.17) is 0 Å². The standard InChI is InChI=1S/C20H24FN5/c1-25(2)13-12-22-14-19-20(16-8-4-3-5-9-16)24-26(23-19)15-17-10-6-7-11-18(17)21/h3-11,22H,12-15H2,1-2H3. The first-order chi connectivity index (χ1) is 12.6. The van der Waals surface area contributed by atoms with Crippen LogP contribution in [0.15, 0.2) is 54.6 Å². The Bertz CT molecular complexity index is 829. The van der Waals surface area contributed by atoms with E-state index in [1.54, 1.807) is 16.9 Å². The molecular weight excluding hydrogens is 329 g/mol. The lowest BCUT2D eigenvalue weighted by atomic mass is 10.1. The Balaban J connectivity index is 1.81. The van der Waals surface area contributed by atoms with Gasteiger partial charge in [-0.3, -0.25) is 0 Å². The van der Waals surface area contributed by atoms with Crippen LogP contribution >= 0.6 is 0 Å². The maximum Gasteiger partial charge on any atom is 0.128 e. The summed E-state index contributed by atoms with van der Waals surface area (Å²) in [4.78, 5) is 3.70. The Labute approximate surface area is 153 Å². The Hall–Kier alpha value is -2.57. The Kier molecular flexibility index (Phi) is 6.09. The van der Waals surface area contributed by atoms with E-state index < -0.39 is 0 Å². The lowest BCUT2D eigenvalue weighted by Gasteiger charge is -2.09. The molecule has 136 valence electrons. The van der Waals surface area contributed by atoms with Crippen molar-refractivity contribution in [1.82, 2.24) is 25.2 Å². The first kappa shape index (κ1) is 18.2. The van der Waals surface area contributed by atoms with Gasteiger partial charge in [-0.2, -0.15) is 15.0 Å². The molecule has 0 saturated carbocycles. The molecule has 3 aromatic rings. The minimum atomic E-state index is -0.239. The van der Waals surface area contributed by atoms with Crippen LogP contribution in [0.25, 0.3) is 11.3 Å². The quantitative estimate of drug-likeness (QED) is 0.633. The van der Waals surface area contributed by atoms with E-state index in [2.05, 4.69) is 20.4 Å². The predicted molar refractivity (Wildman–Crippen MR) is 101 cm³/mol. The third-order valence-electron chi connectivity index (χ3n) is 4.07. The summed E-state index contributed by atoms with van der Waals surface area (Å²) < 4.78 is 13.9. The molecule has 0 atom stereocenters. The van der Waals surface area contributed by atoms with Crippen molar-refractivity contribution < 1.29 is 4.39 Å². The molecule has 0 aliphatic heterocycles. The molecule has 0 aliphatic carbocycles. The van der Waals surface area contributed by atoms with Crippen molar-refractivity contribution in [3.8, 4) is 11.3 Å². The van der Waals surface area contributed by atoms with E-state index in [0.717, 1.165) is 30.0 Å². The summed E-state index contributed by atoms with van der Waals surface area (Å²) in [7, 11) is 4.09. The first-order valence-electron chi connectivity index (χ1n) is 8.72. The van der Waals surface area contributed by atoms with E-state index in [1.165, 1.54) is 6.07 Å². The molecule has 0 saturated heterocycles. The van der Waals surface area contributed by atoms with Gasteiger partial charge in [0.1, 0.15) is 17.2 Å². The van der Waals surface area contributed by atoms with Crippen molar-refractivity contribution in [1.29, 1.82) is 0 Å². The van der Waals surface area contributed by atoms with E-state index in [-0.39, 0.29) is 5.82 Å². The van der Waals surface area contributed by atoms with E-state index >= 15 is 0 Å². The summed E-state index contributed by atoms with van der Waals surface area (Å²) in [6.45, 7) is 2.74. The van der Waals surface area contributed by atoms with Crippen molar-refractivity contribution >= 4 is 0 Å². The Morgan fingerprint density at radius 2 is 1.73 bits per heavy atom. The molecule has 1 aromatic heterocycles. The fraction of sp³-hybridized carbons (Fsp3) is 0.300. The van der Waals surface area contributed by atoms with Gasteiger partial charge in [-0.05, 0) is 20.2 Å². The molecule has 1 heterocycles. The summed E-state index contributed by atoms with van der Waals surface area (Å²) in [5.41, 5.74) is 3.29. The molecule has 0 fully saturated rings. The second-order valence-corrected chi connectivity index (χ2v) is 6.46. The van der Waals surface area contributed by atoms with Crippen molar-refractivity contribution in [3.05, 3.63) is 71.7 Å². The van der Waals surface area contributed by atoms with Crippen LogP contribution in [-0.4, -0.2) is 47.1 Å². The highest BCUT2D eigenvalue weighted by Crippen LogP contribution is 2.20. The molecule has 2 aromatic carbocycles. The SMILES string of the molecule is CN(C)CCNCc1nn(Cc2ccccc2F)nc1-c1ccccc1. The third-order valence-corrected chi connectivity index (χ3v) is 4.07. The fourth-order valence-corrected chi connectivity index (χ4v) is 2.68. The summed E-state index contributed by atoms with van der Waals surface area (Å²) in [5.74, 6) is -0.239. The third kappa shape index (κ3) is 4.74. The normalized spacial score (nSPS) is 11.2. The number of nitrogens with zero attached hydrogens (tertiary/aromatic N) is 4. The minimum Gasteiger partial charge on any atom is -0.310 e. The van der Waals surface area contributed by atoms with Gasteiger partial charge in [0.2, 0.25) is 0 Å². The Morgan fingerprint density at radius 3 is 2.46 bits per heavy atom. The van der Waals surface area contributed by atoms with Crippen LogP contribution in [0.4, 0.5) is 4.39 Å². The highest BCUT2D eigenvalue weighted by Gasteiger charge is 2.14. The molecule has 0 radical (unpaired) electrons. The zero-order valence-electron chi connectivity index (χ0n) is 15.2. The largest absolute Gasteiger partial charge is 0.310 e. The zero-order chi connectivity index (χ0) is 18.4. The summed E-state index contributed by atoms with van der Waals surface area (Å²) in [5, 5.41) is 12.6. The van der Waals surface area contributed by atoms with Gasteiger partial charge in [0.15, 0.2) is 0 Å². The maximum atomic E-state index is 13.9. The molecule has 1 N–H and O–H groups in total. The molecule has 0 amide bonds. The summed E-state index contributed by atoms with van der Waals surface area (Å²) in [6, 6.07) is 16.7. The van der Waals surface area contributed by atoms with Crippen LogP contribution in [0.2, 0.25) is 0 Å². The lowest BCUT2D eigenvalue weighted by Crippen LogP contribution is -2.26. The minimum absolute atomic E-state index is 0.239. The van der Waals surface area contributed by atoms with Crippen LogP contribution in [0.3, 0.4) is 0 Å². The monoisotopic (exact) mass is 353 g/mol. The van der Waals surface area contributed by atoms with Gasteiger partial charge in [-0.1, -0.05) is 48.5 Å². The van der Waals surface area contributed by atoms with Crippen LogP contribution in [0.1, 0.15) is 11.3 Å². The topological polar surface area (TPSA) is 46.0 Å². The van der Waals surface area contributed by atoms with Gasteiger partial charge < -0.3 is 10.2 Å². The molecule has 5 nitrogen and oxygen atoms in total. The molecule has 3 rings (SSSR count). The number of nitrogens with one attached hydrogen (secondary N) is 1. The van der Waals surface area contributed by atoms with Gasteiger partial charge in [0, 0.05) is 30.8 Å². The molecule has 26 heavy (non-hydrogen) atoms. The average molecular weight is 353 g/mol. The van der Waals surface area contributed by atoms with Gasteiger partial charge in [0.25, 0.3) is 0 Å². The highest BCUT2D eigenvalue weighted by molar-refractivity contribution is 5.60. The number of aromatic nitrogens is 3. The number of hydrogen-bond acceptors (Lipinski definition) is 4. The lowest BCUT2D eigenvalue weighted by molar-refractivity contribution is 0.399. The van der Waals surface area contributed by atoms with Crippen LogP contribution in [0.5, 0.6) is 0 Å². The predicted octanol–water partition coefficient (Wildman–Crippen LogP) is 2.78. The Morgan fingerprint density at radius 1 is 1.00 bits per heavy atom. The molecule has 0 unspecified atom stereocenters. The highest BCUT2D eigenvalue weighted by atomic mass is 19.1. The summed E-state index contributed by atoms with van der Waals surface area (Å²) in [6.07, 6.45) is 0. The van der Waals surface area contributed by atoms with Crippen LogP contribution in [0, 0.1) is 5.82 Å². The fourth-order valence-electron chi connectivity index (χ4n) is 2.68. The van der Waals surface area contributed by atoms with Crippen molar-refractivity contribution in [2.24, 2.45) is 0 Å². The van der Waals surface area contributed by atoms with Crippen LogP contribution < -0.4 is 5.32 Å².